The summed E-state index contributed by atoms with van der Waals surface area (Å²) in [5.41, 5.74) is 3.85. The van der Waals surface area contributed by atoms with Gasteiger partial charge in [0.2, 0.25) is 0 Å². The first-order valence-corrected chi connectivity index (χ1v) is 10.7. The van der Waals surface area contributed by atoms with E-state index in [0.29, 0.717) is 24.2 Å². The van der Waals surface area contributed by atoms with Crippen LogP contribution in [0.2, 0.25) is 0 Å². The Morgan fingerprint density at radius 2 is 1.53 bits per heavy atom. The molecule has 0 aliphatic heterocycles. The molecule has 2 N–H and O–H groups in total. The number of carboxylic acid groups (broad SMARTS) is 1. The van der Waals surface area contributed by atoms with Gasteiger partial charge >= 0.3 is 5.97 Å². The highest BCUT2D eigenvalue weighted by atomic mass is 16.5. The number of carboxylic acids is 1. The second-order valence-corrected chi connectivity index (χ2v) is 7.89. The van der Waals surface area contributed by atoms with Gasteiger partial charge in [0, 0.05) is 23.3 Å². The van der Waals surface area contributed by atoms with Gasteiger partial charge in [-0.25, -0.2) is 4.79 Å². The first-order chi connectivity index (χ1) is 15.6. The van der Waals surface area contributed by atoms with E-state index in [1.165, 1.54) is 11.1 Å². The Morgan fingerprint density at radius 3 is 2.16 bits per heavy atom. The molecule has 1 atom stereocenters. The Bertz CT molecular complexity index is 1110. The first kappa shape index (κ1) is 21.7. The maximum Gasteiger partial charge on any atom is 0.341 e. The molecule has 0 radical (unpaired) electrons. The summed E-state index contributed by atoms with van der Waals surface area (Å²) in [5.74, 6) is -0.446. The summed E-state index contributed by atoms with van der Waals surface area (Å²) in [4.78, 5) is 10.8. The predicted molar refractivity (Wildman–Crippen MR) is 123 cm³/mol. The average Bonchev–Trinajstić information content (AvgIpc) is 3.22. The van der Waals surface area contributed by atoms with Crippen molar-refractivity contribution in [3.63, 3.8) is 0 Å². The van der Waals surface area contributed by atoms with Crippen molar-refractivity contribution >= 4 is 16.9 Å². The first-order valence-electron chi connectivity index (χ1n) is 10.7. The van der Waals surface area contributed by atoms with Crippen molar-refractivity contribution in [1.82, 2.24) is 0 Å². The fourth-order valence-electron chi connectivity index (χ4n) is 4.11. The van der Waals surface area contributed by atoms with Crippen LogP contribution in [0.4, 0.5) is 0 Å². The summed E-state index contributed by atoms with van der Waals surface area (Å²) in [6, 6.07) is 26.1. The van der Waals surface area contributed by atoms with Gasteiger partial charge in [-0.15, -0.1) is 0 Å². The molecule has 1 heterocycles. The molecular formula is C27H26O5. The maximum absolute atomic E-state index is 10.8. The number of hydrogen-bond acceptors (Lipinski definition) is 4. The molecule has 4 aromatic rings. The maximum atomic E-state index is 10.8. The number of rotatable bonds is 10. The molecule has 0 saturated carbocycles. The van der Waals surface area contributed by atoms with Crippen LogP contribution in [0.15, 0.2) is 89.5 Å². The van der Waals surface area contributed by atoms with E-state index in [9.17, 15) is 9.90 Å². The Labute approximate surface area is 186 Å². The molecular weight excluding hydrogens is 404 g/mol. The molecule has 0 amide bonds. The van der Waals surface area contributed by atoms with Crippen molar-refractivity contribution in [2.24, 2.45) is 0 Å². The minimum atomic E-state index is -1.05. The van der Waals surface area contributed by atoms with Crippen molar-refractivity contribution in [2.45, 2.75) is 31.3 Å². The van der Waals surface area contributed by atoms with Gasteiger partial charge in [-0.05, 0) is 30.0 Å². The lowest BCUT2D eigenvalue weighted by Gasteiger charge is -2.20. The highest BCUT2D eigenvalue weighted by Gasteiger charge is 2.18. The monoisotopic (exact) mass is 430 g/mol. The number of hydrogen-bond donors (Lipinski definition) is 2. The number of benzene rings is 3. The number of fused-ring (bicyclic) bond motifs is 1. The number of aliphatic carboxylic acids is 1. The summed E-state index contributed by atoms with van der Waals surface area (Å²) < 4.78 is 11.0. The van der Waals surface area contributed by atoms with Gasteiger partial charge in [-0.1, -0.05) is 72.8 Å². The second kappa shape index (κ2) is 10.2. The highest BCUT2D eigenvalue weighted by molar-refractivity contribution is 5.86. The Morgan fingerprint density at radius 1 is 0.875 bits per heavy atom. The van der Waals surface area contributed by atoms with Crippen LogP contribution in [-0.2, 0) is 11.2 Å². The van der Waals surface area contributed by atoms with E-state index < -0.39 is 18.7 Å². The van der Waals surface area contributed by atoms with Gasteiger partial charge in [0.1, 0.15) is 0 Å². The predicted octanol–water partition coefficient (Wildman–Crippen LogP) is 5.41. The molecule has 3 aromatic carbocycles. The molecule has 1 aromatic heterocycles. The molecule has 5 heteroatoms. The van der Waals surface area contributed by atoms with Crippen LogP contribution >= 0.6 is 0 Å². The van der Waals surface area contributed by atoms with E-state index in [0.717, 1.165) is 17.4 Å². The molecule has 164 valence electrons. The SMILES string of the molecule is O=C(O)COc1cccc2c(CC(O)CCC(c3ccccc3)c3ccccc3)coc12. The zero-order chi connectivity index (χ0) is 22.3. The highest BCUT2D eigenvalue weighted by Crippen LogP contribution is 2.33. The van der Waals surface area contributed by atoms with Gasteiger partial charge in [0.15, 0.2) is 17.9 Å². The minimum absolute atomic E-state index is 0.212. The summed E-state index contributed by atoms with van der Waals surface area (Å²) in [6.07, 6.45) is 2.99. The van der Waals surface area contributed by atoms with E-state index in [-0.39, 0.29) is 5.92 Å². The lowest BCUT2D eigenvalue weighted by atomic mass is 9.86. The van der Waals surface area contributed by atoms with Crippen LogP contribution in [0.5, 0.6) is 5.75 Å². The van der Waals surface area contributed by atoms with Crippen LogP contribution in [0.25, 0.3) is 11.0 Å². The summed E-state index contributed by atoms with van der Waals surface area (Å²) >= 11 is 0. The van der Waals surface area contributed by atoms with Gasteiger partial charge < -0.3 is 19.4 Å². The van der Waals surface area contributed by atoms with E-state index in [1.807, 2.05) is 42.5 Å². The number of para-hydroxylation sites is 1. The van der Waals surface area contributed by atoms with Gasteiger partial charge in [0.25, 0.3) is 0 Å². The topological polar surface area (TPSA) is 79.9 Å². The zero-order valence-electron chi connectivity index (χ0n) is 17.7. The largest absolute Gasteiger partial charge is 0.479 e. The third-order valence-corrected chi connectivity index (χ3v) is 5.64. The molecule has 5 nitrogen and oxygen atoms in total. The lowest BCUT2D eigenvalue weighted by Crippen LogP contribution is -2.13. The number of aliphatic hydroxyl groups excluding tert-OH is 1. The Hall–Kier alpha value is -3.57. The third kappa shape index (κ3) is 5.18. The fraction of sp³-hybridized carbons (Fsp3) is 0.222. The Kier molecular flexibility index (Phi) is 6.87. The van der Waals surface area contributed by atoms with Gasteiger partial charge in [-0.2, -0.15) is 0 Å². The fourth-order valence-corrected chi connectivity index (χ4v) is 4.11. The van der Waals surface area contributed by atoms with Crippen LogP contribution in [0.3, 0.4) is 0 Å². The van der Waals surface area contributed by atoms with E-state index in [1.54, 1.807) is 18.4 Å². The van der Waals surface area contributed by atoms with Crippen molar-refractivity contribution in [1.29, 1.82) is 0 Å². The third-order valence-electron chi connectivity index (χ3n) is 5.64. The molecule has 0 saturated heterocycles. The van der Waals surface area contributed by atoms with Gasteiger partial charge in [-0.3, -0.25) is 0 Å². The van der Waals surface area contributed by atoms with Crippen LogP contribution in [-0.4, -0.2) is 28.9 Å². The zero-order valence-corrected chi connectivity index (χ0v) is 17.7. The minimum Gasteiger partial charge on any atom is -0.479 e. The van der Waals surface area contributed by atoms with Crippen LogP contribution < -0.4 is 4.74 Å². The standard InChI is InChI=1S/C27H26O5/c28-22(14-15-23(19-8-3-1-4-9-19)20-10-5-2-6-11-20)16-21-17-32-27-24(21)12-7-13-25(27)31-18-26(29)30/h1-13,17,22-23,28H,14-16,18H2,(H,29,30). The molecule has 0 aliphatic carbocycles. The van der Waals surface area contributed by atoms with Crippen molar-refractivity contribution in [2.75, 3.05) is 6.61 Å². The average molecular weight is 431 g/mol. The normalized spacial score (nSPS) is 12.2. The summed E-state index contributed by atoms with van der Waals surface area (Å²) in [5, 5.41) is 20.5. The van der Waals surface area contributed by atoms with Crippen molar-refractivity contribution in [3.8, 4) is 5.75 Å². The van der Waals surface area contributed by atoms with Crippen LogP contribution in [0, 0.1) is 0 Å². The quantitative estimate of drug-likeness (QED) is 0.352. The molecule has 1 unspecified atom stereocenters. The molecule has 4 rings (SSSR count). The molecule has 0 aliphatic rings. The van der Waals surface area contributed by atoms with Crippen LogP contribution in [0.1, 0.15) is 35.4 Å². The number of ether oxygens (including phenoxy) is 1. The van der Waals surface area contributed by atoms with Crippen molar-refractivity contribution in [3.05, 3.63) is 102 Å². The van der Waals surface area contributed by atoms with E-state index >= 15 is 0 Å². The molecule has 0 bridgehead atoms. The molecule has 32 heavy (non-hydrogen) atoms. The smallest absolute Gasteiger partial charge is 0.341 e. The molecule has 0 fully saturated rings. The Balaban J connectivity index is 1.46. The van der Waals surface area contributed by atoms with Gasteiger partial charge in [0.05, 0.1) is 12.4 Å². The summed E-state index contributed by atoms with van der Waals surface area (Å²) in [7, 11) is 0. The lowest BCUT2D eigenvalue weighted by molar-refractivity contribution is -0.139. The summed E-state index contributed by atoms with van der Waals surface area (Å²) in [6.45, 7) is -0.432. The second-order valence-electron chi connectivity index (χ2n) is 7.89. The number of aliphatic hydroxyl groups is 1. The van der Waals surface area contributed by atoms with Crippen molar-refractivity contribution < 1.29 is 24.2 Å². The number of furan rings is 1. The molecule has 0 spiro atoms. The van der Waals surface area contributed by atoms with E-state index in [4.69, 9.17) is 14.3 Å². The number of carbonyl (C=O) groups is 1. The van der Waals surface area contributed by atoms with E-state index in [2.05, 4.69) is 24.3 Å².